The van der Waals surface area contributed by atoms with E-state index in [4.69, 9.17) is 5.73 Å². The number of imide groups is 1. The summed E-state index contributed by atoms with van der Waals surface area (Å²) in [6.45, 7) is 1.12. The number of hydrogen-bond acceptors (Lipinski definition) is 27. The van der Waals surface area contributed by atoms with Crippen LogP contribution in [0.15, 0.2) is 98.2 Å². The van der Waals surface area contributed by atoms with E-state index in [-0.39, 0.29) is 149 Å². The fourth-order valence-corrected chi connectivity index (χ4v) is 12.9. The van der Waals surface area contributed by atoms with E-state index in [1.54, 1.807) is 40.1 Å². The second-order valence-electron chi connectivity index (χ2n) is 28.2. The number of carbonyl (C=O) groups excluding carboxylic acids is 8. The van der Waals surface area contributed by atoms with Crippen molar-refractivity contribution in [3.63, 3.8) is 0 Å². The molecule has 0 saturated heterocycles. The van der Waals surface area contributed by atoms with Crippen LogP contribution in [-0.4, -0.2) is 267 Å². The Balaban J connectivity index is 1.05. The van der Waals surface area contributed by atoms with Gasteiger partial charge in [0, 0.05) is 112 Å². The highest BCUT2D eigenvalue weighted by atomic mass is 16.4. The minimum atomic E-state index is -1.97. The van der Waals surface area contributed by atoms with Crippen molar-refractivity contribution in [1.29, 1.82) is 0 Å². The van der Waals surface area contributed by atoms with E-state index in [9.17, 15) is 137 Å². The highest BCUT2D eigenvalue weighted by Crippen LogP contribution is 2.22. The minimum Gasteiger partial charge on any atom is -0.502 e. The maximum atomic E-state index is 14.8. The Morgan fingerprint density at radius 2 is 0.886 bits per heavy atom. The first-order chi connectivity index (χ1) is 58.2. The fourth-order valence-electron chi connectivity index (χ4n) is 12.9. The number of hydrogen-bond donors (Lipinski definition) is 18. The van der Waals surface area contributed by atoms with Crippen molar-refractivity contribution in [2.45, 2.75) is 123 Å². The number of aromatic hydroxyl groups is 4. The summed E-state index contributed by atoms with van der Waals surface area (Å²) in [5.74, 6) is -20.3. The average molecular weight is 1720 g/mol. The molecule has 3 atom stereocenters. The standard InChI is InChI=1S/C78H93N17O28/c1-41-30-48(62(105)72(115)91(41)37-57(96)85-36-45-13-16-53(84-35-45)70(113)87-55(34-47-15-14-46-10-5-6-11-52(46)86-47)71(114)95(56(77(121)122)12-7-8-19-79)78(123)88-54(76(119)120)17-18-58(97)98)66(109)80-20-26-89(27-21-81-67(110)49-31-42(2)92(38-59(99)100)73(116)63(49)106)24-9-25-90(28-22-82-68(111)50-32-43(3)93(39-60(101)102)74(117)64(50)107)29-23-83-69(112)51-33-44(4)94(40-61(103)104)75(118)65(51)108/h5-6,10-11,13-16,30-33,35,54-56,105-108H,7-9,12,17-29,34,36-40,79H2,1-4H3,(H,80,109)(H,81,110)(H,82,111)(H,83,112)(H,85,96)(H,87,113)(H,88,123)(H,97,98)(H,99,100)(H,101,102)(H,103,104)(H,119,120)(H,121,122)/t54-,55-,56-/m0/s1. The summed E-state index contributed by atoms with van der Waals surface area (Å²) in [7, 11) is 0. The molecule has 1 aromatic carbocycles. The van der Waals surface area contributed by atoms with Gasteiger partial charge in [0.2, 0.25) is 5.91 Å². The summed E-state index contributed by atoms with van der Waals surface area (Å²) in [4.78, 5) is 247. The lowest BCUT2D eigenvalue weighted by Gasteiger charge is -2.32. The van der Waals surface area contributed by atoms with Crippen LogP contribution < -0.4 is 65.2 Å². The zero-order valence-corrected chi connectivity index (χ0v) is 66.9. The quantitative estimate of drug-likeness (QED) is 0.0178. The number of nitrogens with zero attached hydrogens (tertiary/aromatic N) is 9. The lowest BCUT2D eigenvalue weighted by atomic mass is 10.0. The second-order valence-corrected chi connectivity index (χ2v) is 28.2. The molecule has 123 heavy (non-hydrogen) atoms. The van der Waals surface area contributed by atoms with Crippen molar-refractivity contribution >= 4 is 94.1 Å². The Labute approximate surface area is 696 Å². The summed E-state index contributed by atoms with van der Waals surface area (Å²) >= 11 is 0. The summed E-state index contributed by atoms with van der Waals surface area (Å²) in [6, 6.07) is 9.70. The number of rotatable bonds is 46. The van der Waals surface area contributed by atoms with E-state index in [2.05, 4.69) is 41.9 Å². The molecule has 0 aliphatic carbocycles. The number of nitrogens with one attached hydrogen (secondary N) is 7. The van der Waals surface area contributed by atoms with E-state index >= 15 is 0 Å². The molecule has 0 unspecified atom stereocenters. The lowest BCUT2D eigenvalue weighted by molar-refractivity contribution is -0.148. The number of fused-ring (bicyclic) bond motifs is 1. The summed E-state index contributed by atoms with van der Waals surface area (Å²) in [6.07, 6.45) is -0.652. The van der Waals surface area contributed by atoms with Gasteiger partial charge in [0.05, 0.1) is 27.8 Å². The zero-order chi connectivity index (χ0) is 90.8. The van der Waals surface area contributed by atoms with Gasteiger partial charge in [-0.25, -0.2) is 19.3 Å². The van der Waals surface area contributed by atoms with Gasteiger partial charge in [0.1, 0.15) is 50.0 Å². The van der Waals surface area contributed by atoms with Crippen LogP contribution in [0.2, 0.25) is 0 Å². The number of amides is 9. The molecule has 0 saturated carbocycles. The van der Waals surface area contributed by atoms with E-state index in [1.165, 1.54) is 45.9 Å². The minimum absolute atomic E-state index is 0.00463. The second kappa shape index (κ2) is 44.3. The summed E-state index contributed by atoms with van der Waals surface area (Å²) in [5.41, 5.74) is -0.388. The zero-order valence-electron chi connectivity index (χ0n) is 66.9. The molecule has 7 rings (SSSR count). The molecular formula is C78H93N17O28. The van der Waals surface area contributed by atoms with Gasteiger partial charge in [0.15, 0.2) is 23.0 Å². The molecule has 19 N–H and O–H groups in total. The monoisotopic (exact) mass is 1720 g/mol. The number of benzene rings is 1. The van der Waals surface area contributed by atoms with Crippen LogP contribution in [0.3, 0.4) is 0 Å². The molecule has 0 fully saturated rings. The third kappa shape index (κ3) is 26.4. The van der Waals surface area contributed by atoms with Crippen LogP contribution in [0.25, 0.3) is 10.9 Å². The fraction of sp³-hybridized carbons (Fsp3) is 0.385. The molecule has 0 aliphatic heterocycles. The summed E-state index contributed by atoms with van der Waals surface area (Å²) < 4.78 is 3.06. The van der Waals surface area contributed by atoms with E-state index in [0.717, 1.165) is 48.7 Å². The molecular weight excluding hydrogens is 1620 g/mol. The van der Waals surface area contributed by atoms with Crippen LogP contribution in [-0.2, 0) is 77.5 Å². The lowest BCUT2D eigenvalue weighted by Crippen LogP contribution is -2.60. The van der Waals surface area contributed by atoms with Crippen LogP contribution >= 0.6 is 0 Å². The van der Waals surface area contributed by atoms with Crippen LogP contribution in [0.4, 0.5) is 4.79 Å². The molecule has 6 aromatic heterocycles. The first-order valence-corrected chi connectivity index (χ1v) is 38.1. The normalized spacial score (nSPS) is 11.9. The third-order valence-corrected chi connectivity index (χ3v) is 19.3. The molecule has 6 heterocycles. The van der Waals surface area contributed by atoms with Crippen molar-refractivity contribution < 1.29 is 118 Å². The van der Waals surface area contributed by atoms with Crippen molar-refractivity contribution in [3.8, 4) is 23.0 Å². The van der Waals surface area contributed by atoms with Gasteiger partial charge in [-0.15, -0.1) is 0 Å². The first kappa shape index (κ1) is 95.4. The molecule has 0 spiro atoms. The maximum absolute atomic E-state index is 14.8. The Hall–Kier alpha value is -14.8. The van der Waals surface area contributed by atoms with Gasteiger partial charge in [-0.3, -0.25) is 105 Å². The predicted octanol–water partition coefficient (Wildman–Crippen LogP) is -2.30. The Kier molecular flexibility index (Phi) is 34.4. The van der Waals surface area contributed by atoms with Crippen molar-refractivity contribution in [3.05, 3.63) is 182 Å². The number of aliphatic carboxylic acids is 6. The first-order valence-electron chi connectivity index (χ1n) is 38.1. The molecule has 9 amide bonds. The van der Waals surface area contributed by atoms with E-state index in [0.29, 0.717) is 10.9 Å². The van der Waals surface area contributed by atoms with Crippen LogP contribution in [0.5, 0.6) is 23.0 Å². The maximum Gasteiger partial charge on any atom is 0.326 e. The van der Waals surface area contributed by atoms with Gasteiger partial charge in [-0.2, -0.15) is 0 Å². The molecule has 0 radical (unpaired) electrons. The molecule has 7 aromatic rings. The van der Waals surface area contributed by atoms with Gasteiger partial charge in [-0.05, 0) is 127 Å². The Morgan fingerprint density at radius 1 is 0.455 bits per heavy atom. The van der Waals surface area contributed by atoms with Crippen molar-refractivity contribution in [2.75, 3.05) is 72.0 Å². The third-order valence-electron chi connectivity index (χ3n) is 19.3. The van der Waals surface area contributed by atoms with Gasteiger partial charge < -0.3 is 98.6 Å². The number of pyridine rings is 6. The molecule has 658 valence electrons. The molecule has 45 nitrogen and oxygen atoms in total. The van der Waals surface area contributed by atoms with E-state index < -0.39 is 214 Å². The van der Waals surface area contributed by atoms with Gasteiger partial charge >= 0.3 is 41.8 Å². The molecule has 0 bridgehead atoms. The van der Waals surface area contributed by atoms with Gasteiger partial charge in [0.25, 0.3) is 57.7 Å². The largest absolute Gasteiger partial charge is 0.502 e. The van der Waals surface area contributed by atoms with Gasteiger partial charge in [-0.1, -0.05) is 30.3 Å². The number of carbonyl (C=O) groups is 14. The highest BCUT2D eigenvalue weighted by molar-refractivity contribution is 6.05. The molecule has 45 heteroatoms. The Bertz CT molecular complexity index is 5370. The van der Waals surface area contributed by atoms with Crippen molar-refractivity contribution in [1.82, 2.24) is 80.2 Å². The summed E-state index contributed by atoms with van der Waals surface area (Å²) in [5, 5.41) is 119. The SMILES string of the molecule is Cc1cc(C(=O)NCCN(CCCN(CCNC(=O)c2cc(C)n(CC(=O)O)c(=O)c2O)CCNC(=O)c2cc(C)n(CC(=O)NCc3ccc(C(=O)N[C@@H](Cc4ccc5ccccc5n4)C(=O)N(C(=O)N[C@@H](CCC(=O)O)C(=O)O)[C@@H](CCCCN)C(=O)O)nc3)c(=O)c2O)CCNC(=O)c2cc(C)n(CC(=O)O)c(=O)c2O)c(O)c(=O)n1CC(=O)O. The number of unbranched alkanes of at least 4 members (excludes halogenated alkanes) is 1. The van der Waals surface area contributed by atoms with Crippen LogP contribution in [0.1, 0.15) is 124 Å². The number of nitrogens with two attached hydrogens (primary N) is 1. The Morgan fingerprint density at radius 3 is 1.28 bits per heavy atom. The molecule has 0 aliphatic rings. The average Bonchev–Trinajstić information content (AvgIpc) is 0.819. The van der Waals surface area contributed by atoms with Crippen molar-refractivity contribution in [2.24, 2.45) is 5.73 Å². The predicted molar refractivity (Wildman–Crippen MR) is 429 cm³/mol. The number of carboxylic acid groups (broad SMARTS) is 6. The number of urea groups is 1. The van der Waals surface area contributed by atoms with E-state index in [1.807, 2.05) is 5.32 Å². The number of aromatic nitrogens is 6. The number of carboxylic acids is 6. The number of aryl methyl sites for hydroxylation is 4. The topological polar surface area (TPSA) is 675 Å². The smallest absolute Gasteiger partial charge is 0.326 e. The van der Waals surface area contributed by atoms with Crippen LogP contribution in [0, 0.1) is 27.7 Å². The number of para-hydroxylation sites is 1. The highest BCUT2D eigenvalue weighted by Gasteiger charge is 2.41.